The highest BCUT2D eigenvalue weighted by molar-refractivity contribution is 7.89. The Hall–Kier alpha value is -3.50. The van der Waals surface area contributed by atoms with Gasteiger partial charge in [0, 0.05) is 31.2 Å². The molecule has 2 amide bonds. The van der Waals surface area contributed by atoms with Crippen molar-refractivity contribution < 1.29 is 13.2 Å². The number of nitrogens with zero attached hydrogens (tertiary/aromatic N) is 4. The lowest BCUT2D eigenvalue weighted by atomic mass is 10.1. The van der Waals surface area contributed by atoms with Crippen molar-refractivity contribution in [2.24, 2.45) is 0 Å². The van der Waals surface area contributed by atoms with Crippen molar-refractivity contribution in [1.29, 1.82) is 0 Å². The van der Waals surface area contributed by atoms with Crippen LogP contribution in [-0.2, 0) is 10.0 Å². The van der Waals surface area contributed by atoms with Crippen LogP contribution in [0, 0.1) is 13.8 Å². The molecule has 9 nitrogen and oxygen atoms in total. The van der Waals surface area contributed by atoms with Gasteiger partial charge in [-0.2, -0.15) is 4.72 Å². The highest BCUT2D eigenvalue weighted by Crippen LogP contribution is 2.20. The summed E-state index contributed by atoms with van der Waals surface area (Å²) in [7, 11) is -3.82. The average molecular weight is 467 g/mol. The van der Waals surface area contributed by atoms with Crippen LogP contribution < -0.4 is 14.9 Å². The molecule has 1 atom stereocenters. The Morgan fingerprint density at radius 3 is 2.42 bits per heavy atom. The van der Waals surface area contributed by atoms with Crippen LogP contribution in [-0.4, -0.2) is 55.1 Å². The van der Waals surface area contributed by atoms with Crippen molar-refractivity contribution in [2.75, 3.05) is 29.9 Å². The number of urea groups is 1. The first kappa shape index (κ1) is 22.7. The van der Waals surface area contributed by atoms with Gasteiger partial charge in [-0.25, -0.2) is 18.2 Å². The summed E-state index contributed by atoms with van der Waals surface area (Å²) < 4.78 is 28.8. The quantitative estimate of drug-likeness (QED) is 0.599. The number of anilines is 2. The lowest BCUT2D eigenvalue weighted by molar-refractivity contribution is 0.196. The fraction of sp³-hybridized carbons (Fsp3) is 0.261. The number of aryl methyl sites for hydroxylation is 2. The van der Waals surface area contributed by atoms with Crippen LogP contribution in [0.2, 0.25) is 0 Å². The number of hydrogen-bond donors (Lipinski definition) is 2. The number of carbonyl (C=O) groups excluding carboxylic acids is 1. The molecule has 1 aromatic heterocycles. The van der Waals surface area contributed by atoms with Crippen molar-refractivity contribution in [1.82, 2.24) is 19.6 Å². The molecular weight excluding hydrogens is 440 g/mol. The molecule has 0 aliphatic carbocycles. The first-order chi connectivity index (χ1) is 15.8. The predicted octanol–water partition coefficient (Wildman–Crippen LogP) is 2.75. The molecule has 1 saturated heterocycles. The number of piperazine rings is 1. The number of aromatic nitrogens is 2. The highest BCUT2D eigenvalue weighted by Gasteiger charge is 2.33. The zero-order chi connectivity index (χ0) is 23.4. The molecule has 1 fully saturated rings. The maximum absolute atomic E-state index is 13.0. The zero-order valence-corrected chi connectivity index (χ0v) is 19.3. The van der Waals surface area contributed by atoms with Gasteiger partial charge < -0.3 is 15.1 Å². The van der Waals surface area contributed by atoms with E-state index in [9.17, 15) is 13.2 Å². The maximum Gasteiger partial charge on any atom is 0.322 e. The van der Waals surface area contributed by atoms with Crippen molar-refractivity contribution in [2.45, 2.75) is 24.9 Å². The van der Waals surface area contributed by atoms with Crippen LogP contribution in [0.5, 0.6) is 0 Å². The summed E-state index contributed by atoms with van der Waals surface area (Å²) in [5, 5.41) is 2.93. The van der Waals surface area contributed by atoms with Gasteiger partial charge in [-0.05, 0) is 49.2 Å². The van der Waals surface area contributed by atoms with Gasteiger partial charge in [0.2, 0.25) is 10.0 Å². The molecule has 3 aromatic rings. The van der Waals surface area contributed by atoms with E-state index in [2.05, 4.69) is 20.0 Å². The average Bonchev–Trinajstić information content (AvgIpc) is 2.79. The molecule has 0 bridgehead atoms. The van der Waals surface area contributed by atoms with Gasteiger partial charge in [-0.3, -0.25) is 4.98 Å². The Labute approximate surface area is 193 Å². The van der Waals surface area contributed by atoms with Gasteiger partial charge in [0.05, 0.1) is 17.6 Å². The largest absolute Gasteiger partial charge is 0.335 e. The van der Waals surface area contributed by atoms with Crippen LogP contribution in [0.15, 0.2) is 72.0 Å². The molecular formula is C23H26N6O3S. The number of benzene rings is 2. The number of carbonyl (C=O) groups is 1. The third kappa shape index (κ3) is 5.47. The summed E-state index contributed by atoms with van der Waals surface area (Å²) in [6.07, 6.45) is 3.97. The monoisotopic (exact) mass is 466 g/mol. The topological polar surface area (TPSA) is 108 Å². The summed E-state index contributed by atoms with van der Waals surface area (Å²) in [4.78, 5) is 25.0. The van der Waals surface area contributed by atoms with Crippen LogP contribution >= 0.6 is 0 Å². The zero-order valence-electron chi connectivity index (χ0n) is 18.5. The third-order valence-corrected chi connectivity index (χ3v) is 6.80. The standard InChI is InChI=1S/C23H26N6O3S/c1-17-12-18(2)14-19(13-17)26-23(30)28-10-11-29(21-15-24-8-9-25-21)22(16-28)27-33(31,32)20-6-4-3-5-7-20/h3-9,12-15,22,27H,10-11,16H2,1-2H3,(H,26,30). The minimum atomic E-state index is -3.82. The van der Waals surface area contributed by atoms with Gasteiger partial charge in [0.25, 0.3) is 0 Å². The van der Waals surface area contributed by atoms with E-state index < -0.39 is 16.2 Å². The molecule has 2 N–H and O–H groups in total. The van der Waals surface area contributed by atoms with Crippen molar-refractivity contribution in [3.63, 3.8) is 0 Å². The lowest BCUT2D eigenvalue weighted by Gasteiger charge is -2.41. The molecule has 0 radical (unpaired) electrons. The normalized spacial score (nSPS) is 16.5. The number of nitrogens with one attached hydrogen (secondary N) is 2. The summed E-state index contributed by atoms with van der Waals surface area (Å²) in [6.45, 7) is 4.87. The van der Waals surface area contributed by atoms with E-state index in [-0.39, 0.29) is 17.5 Å². The summed E-state index contributed by atoms with van der Waals surface area (Å²) in [5.74, 6) is 0.535. The molecule has 0 saturated carbocycles. The van der Waals surface area contributed by atoms with E-state index in [0.717, 1.165) is 11.1 Å². The summed E-state index contributed by atoms with van der Waals surface area (Å²) >= 11 is 0. The van der Waals surface area contributed by atoms with Crippen molar-refractivity contribution >= 4 is 27.6 Å². The van der Waals surface area contributed by atoms with E-state index in [0.29, 0.717) is 24.6 Å². The van der Waals surface area contributed by atoms with E-state index in [1.165, 1.54) is 12.1 Å². The Morgan fingerprint density at radius 2 is 1.76 bits per heavy atom. The van der Waals surface area contributed by atoms with Gasteiger partial charge >= 0.3 is 6.03 Å². The van der Waals surface area contributed by atoms with Gasteiger partial charge in [-0.15, -0.1) is 0 Å². The van der Waals surface area contributed by atoms with E-state index in [1.54, 1.807) is 41.7 Å². The van der Waals surface area contributed by atoms with Crippen LogP contribution in [0.1, 0.15) is 11.1 Å². The van der Waals surface area contributed by atoms with E-state index in [4.69, 9.17) is 0 Å². The second kappa shape index (κ2) is 9.55. The molecule has 2 aromatic carbocycles. The third-order valence-electron chi connectivity index (χ3n) is 5.33. The Bertz CT molecular complexity index is 1200. The second-order valence-electron chi connectivity index (χ2n) is 7.96. The van der Waals surface area contributed by atoms with Gasteiger partial charge in [0.1, 0.15) is 12.0 Å². The first-order valence-electron chi connectivity index (χ1n) is 10.6. The Kier molecular flexibility index (Phi) is 6.57. The number of sulfonamides is 1. The predicted molar refractivity (Wildman–Crippen MR) is 126 cm³/mol. The molecule has 4 rings (SSSR count). The van der Waals surface area contributed by atoms with Gasteiger partial charge in [-0.1, -0.05) is 24.3 Å². The maximum atomic E-state index is 13.0. The van der Waals surface area contributed by atoms with Crippen LogP contribution in [0.3, 0.4) is 0 Å². The fourth-order valence-corrected chi connectivity index (χ4v) is 5.09. The Balaban J connectivity index is 1.56. The molecule has 1 unspecified atom stereocenters. The number of hydrogen-bond acceptors (Lipinski definition) is 6. The number of amides is 2. The smallest absolute Gasteiger partial charge is 0.322 e. The lowest BCUT2D eigenvalue weighted by Crippen LogP contribution is -2.62. The van der Waals surface area contributed by atoms with E-state index >= 15 is 0 Å². The molecule has 33 heavy (non-hydrogen) atoms. The van der Waals surface area contributed by atoms with Crippen LogP contribution in [0.25, 0.3) is 0 Å². The SMILES string of the molecule is Cc1cc(C)cc(NC(=O)N2CCN(c3cnccn3)C(NS(=O)(=O)c3ccccc3)C2)c1. The molecule has 1 aliphatic rings. The molecule has 10 heteroatoms. The summed E-state index contributed by atoms with van der Waals surface area (Å²) in [6, 6.07) is 13.7. The van der Waals surface area contributed by atoms with Crippen molar-refractivity contribution in [3.8, 4) is 0 Å². The molecule has 0 spiro atoms. The summed E-state index contributed by atoms with van der Waals surface area (Å²) in [5.41, 5.74) is 2.80. The number of rotatable bonds is 5. The fourth-order valence-electron chi connectivity index (χ4n) is 3.88. The molecule has 1 aliphatic heterocycles. The Morgan fingerprint density at radius 1 is 1.03 bits per heavy atom. The van der Waals surface area contributed by atoms with Gasteiger partial charge in [0.15, 0.2) is 0 Å². The first-order valence-corrected chi connectivity index (χ1v) is 12.0. The second-order valence-corrected chi connectivity index (χ2v) is 9.67. The van der Waals surface area contributed by atoms with Crippen LogP contribution in [0.4, 0.5) is 16.3 Å². The molecule has 172 valence electrons. The molecule has 2 heterocycles. The van der Waals surface area contributed by atoms with Crippen molar-refractivity contribution in [3.05, 3.63) is 78.2 Å². The minimum Gasteiger partial charge on any atom is -0.335 e. The highest BCUT2D eigenvalue weighted by atomic mass is 32.2. The van der Waals surface area contributed by atoms with E-state index in [1.807, 2.05) is 36.9 Å². The minimum absolute atomic E-state index is 0.138.